The van der Waals surface area contributed by atoms with Crippen LogP contribution < -0.4 is 0 Å². The average Bonchev–Trinajstić information content (AvgIpc) is 2.80. The molecule has 1 aromatic rings. The fourth-order valence-electron chi connectivity index (χ4n) is 2.12. The number of benzene rings is 1. The first kappa shape index (κ1) is 14.7. The van der Waals surface area contributed by atoms with E-state index in [0.717, 1.165) is 5.56 Å². The van der Waals surface area contributed by atoms with E-state index in [1.807, 2.05) is 32.1 Å². The number of ether oxygens (including phenoxy) is 1. The van der Waals surface area contributed by atoms with Crippen LogP contribution in [0.2, 0.25) is 5.02 Å². The number of halogens is 3. The summed E-state index contributed by atoms with van der Waals surface area (Å²) in [5.74, 6) is 0.0679. The number of hydrogen-bond acceptors (Lipinski definition) is 2. The monoisotopic (exact) mass is 318 g/mol. The smallest absolute Gasteiger partial charge is 0.404 e. The second-order valence-electron chi connectivity index (χ2n) is 5.14. The summed E-state index contributed by atoms with van der Waals surface area (Å²) in [5.41, 5.74) is -0.0433. The summed E-state index contributed by atoms with van der Waals surface area (Å²) in [6, 6.07) is 7.25. The molecule has 102 valence electrons. The van der Waals surface area contributed by atoms with Gasteiger partial charge in [-0.3, -0.25) is 0 Å². The summed E-state index contributed by atoms with van der Waals surface area (Å²) in [6.07, 6.45) is 1.67. The van der Waals surface area contributed by atoms with Crippen molar-refractivity contribution in [2.75, 3.05) is 0 Å². The highest BCUT2D eigenvalue weighted by Crippen LogP contribution is 2.56. The minimum Gasteiger partial charge on any atom is -0.449 e. The van der Waals surface area contributed by atoms with Crippen LogP contribution in [0.1, 0.15) is 19.4 Å². The molecule has 1 aliphatic rings. The predicted octanol–water partition coefficient (Wildman–Crippen LogP) is 5.32. The normalized spacial score (nSPS) is 25.0. The molecule has 0 aromatic heterocycles. The van der Waals surface area contributed by atoms with Crippen LogP contribution >= 0.6 is 34.8 Å². The third-order valence-electron chi connectivity index (χ3n) is 3.47. The Bertz CT molecular complexity index is 520. The van der Waals surface area contributed by atoms with Crippen molar-refractivity contribution in [2.45, 2.75) is 20.0 Å². The van der Waals surface area contributed by atoms with Gasteiger partial charge in [-0.25, -0.2) is 4.79 Å². The van der Waals surface area contributed by atoms with Crippen LogP contribution in [0, 0.1) is 11.3 Å². The Balaban J connectivity index is 2.13. The summed E-state index contributed by atoms with van der Waals surface area (Å²) >= 11 is 17.3. The van der Waals surface area contributed by atoms with E-state index in [9.17, 15) is 4.79 Å². The minimum absolute atomic E-state index is 0.0679. The number of carbonyl (C=O) groups excluding carboxylic acids is 1. The highest BCUT2D eigenvalue weighted by Gasteiger charge is 2.59. The zero-order valence-electron chi connectivity index (χ0n) is 10.5. The van der Waals surface area contributed by atoms with Gasteiger partial charge in [0.25, 0.3) is 0 Å². The second-order valence-corrected chi connectivity index (χ2v) is 6.30. The lowest BCUT2D eigenvalue weighted by atomic mass is 10.1. The number of hydrogen-bond donors (Lipinski definition) is 0. The lowest BCUT2D eigenvalue weighted by molar-refractivity contribution is 0.150. The van der Waals surface area contributed by atoms with Crippen molar-refractivity contribution < 1.29 is 9.53 Å². The molecular weight excluding hydrogens is 307 g/mol. The molecule has 1 aliphatic carbocycles. The molecule has 2 atom stereocenters. The van der Waals surface area contributed by atoms with Crippen LogP contribution in [0.15, 0.2) is 30.3 Å². The first-order chi connectivity index (χ1) is 8.82. The number of carbonyl (C=O) groups is 1. The van der Waals surface area contributed by atoms with E-state index in [1.165, 1.54) is 0 Å². The van der Waals surface area contributed by atoms with Gasteiger partial charge >= 0.3 is 5.43 Å². The SMILES string of the molecule is CC1(C)[C@H](/C=C(/Cl)c2ccc(Cl)cc2)[C@H]1OC(=O)Cl. The van der Waals surface area contributed by atoms with Crippen LogP contribution in [0.4, 0.5) is 4.79 Å². The topological polar surface area (TPSA) is 26.3 Å². The molecule has 0 spiro atoms. The molecule has 2 rings (SSSR count). The molecule has 0 saturated heterocycles. The molecule has 5 heteroatoms. The Morgan fingerprint density at radius 3 is 2.37 bits per heavy atom. The summed E-state index contributed by atoms with van der Waals surface area (Å²) in [7, 11) is 0. The van der Waals surface area contributed by atoms with Crippen LogP contribution in [-0.4, -0.2) is 11.5 Å². The Kier molecular flexibility index (Phi) is 4.14. The summed E-state index contributed by atoms with van der Waals surface area (Å²) in [4.78, 5) is 10.8. The van der Waals surface area contributed by atoms with Gasteiger partial charge in [0.1, 0.15) is 6.10 Å². The largest absolute Gasteiger partial charge is 0.449 e. The van der Waals surface area contributed by atoms with E-state index in [0.29, 0.717) is 10.1 Å². The van der Waals surface area contributed by atoms with Gasteiger partial charge in [-0.1, -0.05) is 55.3 Å². The van der Waals surface area contributed by atoms with Gasteiger partial charge < -0.3 is 4.74 Å². The van der Waals surface area contributed by atoms with Crippen LogP contribution in [-0.2, 0) is 4.74 Å². The van der Waals surface area contributed by atoms with E-state index in [1.54, 1.807) is 12.1 Å². The van der Waals surface area contributed by atoms with Crippen molar-refractivity contribution >= 4 is 45.3 Å². The lowest BCUT2D eigenvalue weighted by Gasteiger charge is -2.00. The predicted molar refractivity (Wildman–Crippen MR) is 78.7 cm³/mol. The fourth-order valence-corrected chi connectivity index (χ4v) is 2.60. The molecule has 1 saturated carbocycles. The summed E-state index contributed by atoms with van der Waals surface area (Å²) in [6.45, 7) is 4.01. The van der Waals surface area contributed by atoms with Crippen LogP contribution in [0.5, 0.6) is 0 Å². The first-order valence-corrected chi connectivity index (χ1v) is 6.95. The zero-order valence-corrected chi connectivity index (χ0v) is 12.8. The maximum Gasteiger partial charge on any atom is 0.404 e. The van der Waals surface area contributed by atoms with E-state index in [4.69, 9.17) is 39.5 Å². The highest BCUT2D eigenvalue weighted by molar-refractivity contribution is 6.61. The molecule has 2 nitrogen and oxygen atoms in total. The molecule has 1 aromatic carbocycles. The third-order valence-corrected chi connectivity index (χ3v) is 4.16. The third kappa shape index (κ3) is 3.25. The molecule has 0 radical (unpaired) electrons. The second kappa shape index (κ2) is 5.35. The maximum atomic E-state index is 10.8. The van der Waals surface area contributed by atoms with E-state index in [2.05, 4.69) is 0 Å². The van der Waals surface area contributed by atoms with Crippen molar-refractivity contribution in [3.8, 4) is 0 Å². The van der Waals surface area contributed by atoms with Crippen molar-refractivity contribution in [1.82, 2.24) is 0 Å². The van der Waals surface area contributed by atoms with Crippen molar-refractivity contribution in [3.05, 3.63) is 40.9 Å². The van der Waals surface area contributed by atoms with E-state index < -0.39 is 5.43 Å². The van der Waals surface area contributed by atoms with E-state index in [-0.39, 0.29) is 17.4 Å². The molecule has 0 heterocycles. The maximum absolute atomic E-state index is 10.8. The van der Waals surface area contributed by atoms with Crippen molar-refractivity contribution in [2.24, 2.45) is 11.3 Å². The van der Waals surface area contributed by atoms with Gasteiger partial charge in [-0.15, -0.1) is 0 Å². The molecule has 0 N–H and O–H groups in total. The molecule has 19 heavy (non-hydrogen) atoms. The van der Waals surface area contributed by atoms with Gasteiger partial charge in [-0.2, -0.15) is 0 Å². The Hall–Kier alpha value is -0.700. The zero-order chi connectivity index (χ0) is 14.2. The average molecular weight is 320 g/mol. The Morgan fingerprint density at radius 1 is 1.26 bits per heavy atom. The lowest BCUT2D eigenvalue weighted by Crippen LogP contribution is -2.03. The minimum atomic E-state index is -0.781. The summed E-state index contributed by atoms with van der Waals surface area (Å²) in [5, 5.41) is 1.27. The molecule has 0 amide bonds. The first-order valence-electron chi connectivity index (χ1n) is 5.81. The van der Waals surface area contributed by atoms with Crippen LogP contribution in [0.25, 0.3) is 5.03 Å². The van der Waals surface area contributed by atoms with E-state index >= 15 is 0 Å². The van der Waals surface area contributed by atoms with Gasteiger partial charge in [0, 0.05) is 33.0 Å². The molecule has 1 fully saturated rings. The molecular formula is C14H13Cl3O2. The summed E-state index contributed by atoms with van der Waals surface area (Å²) < 4.78 is 5.05. The van der Waals surface area contributed by atoms with Crippen LogP contribution in [0.3, 0.4) is 0 Å². The molecule has 0 bridgehead atoms. The van der Waals surface area contributed by atoms with Crippen molar-refractivity contribution in [1.29, 1.82) is 0 Å². The Labute approximate surface area is 127 Å². The van der Waals surface area contributed by atoms with Gasteiger partial charge in [-0.05, 0) is 17.7 Å². The molecule has 0 aliphatic heterocycles. The van der Waals surface area contributed by atoms with Crippen molar-refractivity contribution in [3.63, 3.8) is 0 Å². The standard InChI is InChI=1S/C14H13Cl3O2/c1-14(2)10(12(14)19-13(17)18)7-11(16)8-3-5-9(15)6-4-8/h3-7,10,12H,1-2H3/b11-7+/t10-,12-/m1/s1. The fraction of sp³-hybridized carbons (Fsp3) is 0.357. The van der Waals surface area contributed by atoms with Gasteiger partial charge in [0.05, 0.1) is 0 Å². The van der Waals surface area contributed by atoms with Gasteiger partial charge in [0.15, 0.2) is 0 Å². The number of rotatable bonds is 3. The van der Waals surface area contributed by atoms with Gasteiger partial charge in [0.2, 0.25) is 0 Å². The molecule has 0 unspecified atom stereocenters. The quantitative estimate of drug-likeness (QED) is 0.705. The Morgan fingerprint density at radius 2 is 1.84 bits per heavy atom. The highest BCUT2D eigenvalue weighted by atomic mass is 35.5.